The van der Waals surface area contributed by atoms with Gasteiger partial charge in [0.05, 0.1) is 5.03 Å². The van der Waals surface area contributed by atoms with E-state index in [-0.39, 0.29) is 0 Å². The molecule has 0 heterocycles. The molecule has 0 aliphatic heterocycles. The van der Waals surface area contributed by atoms with E-state index in [9.17, 15) is 4.79 Å². The number of carbonyl (C=O) groups excluding carboxylic acids is 1. The standard InChI is InChI=1S/C11H10Cl2O/c1-2-8(7-14)11(13)9-3-5-10(12)6-4-9/h3-7H,2H2,1H3/b11-8-. The molecule has 0 saturated carbocycles. The molecule has 0 unspecified atom stereocenters. The lowest BCUT2D eigenvalue weighted by molar-refractivity contribution is -0.104. The Hall–Kier alpha value is -0.790. The van der Waals surface area contributed by atoms with E-state index in [1.54, 1.807) is 24.3 Å². The minimum Gasteiger partial charge on any atom is -0.298 e. The average molecular weight is 229 g/mol. The molecular formula is C11H10Cl2O. The third-order valence-electron chi connectivity index (χ3n) is 1.90. The molecule has 0 amide bonds. The summed E-state index contributed by atoms with van der Waals surface area (Å²) in [6.07, 6.45) is 1.42. The van der Waals surface area contributed by atoms with Crippen LogP contribution in [0.1, 0.15) is 18.9 Å². The molecule has 0 fully saturated rings. The van der Waals surface area contributed by atoms with Gasteiger partial charge in [0.1, 0.15) is 6.29 Å². The summed E-state index contributed by atoms with van der Waals surface area (Å²) in [6.45, 7) is 1.89. The molecular weight excluding hydrogens is 219 g/mol. The van der Waals surface area contributed by atoms with Crippen LogP contribution in [0.3, 0.4) is 0 Å². The van der Waals surface area contributed by atoms with Crippen LogP contribution >= 0.6 is 23.2 Å². The van der Waals surface area contributed by atoms with E-state index in [4.69, 9.17) is 23.2 Å². The number of carbonyl (C=O) groups is 1. The molecule has 74 valence electrons. The van der Waals surface area contributed by atoms with Gasteiger partial charge in [-0.05, 0) is 24.1 Å². The zero-order valence-electron chi connectivity index (χ0n) is 7.76. The number of aldehydes is 1. The van der Waals surface area contributed by atoms with Gasteiger partial charge in [-0.25, -0.2) is 0 Å². The minimum atomic E-state index is 0.499. The lowest BCUT2D eigenvalue weighted by Crippen LogP contribution is -1.87. The van der Waals surface area contributed by atoms with Crippen LogP contribution in [-0.2, 0) is 4.79 Å². The lowest BCUT2D eigenvalue weighted by atomic mass is 10.1. The number of halogens is 2. The third kappa shape index (κ3) is 2.60. The number of hydrogen-bond acceptors (Lipinski definition) is 1. The Balaban J connectivity index is 3.10. The second-order valence-electron chi connectivity index (χ2n) is 2.82. The summed E-state index contributed by atoms with van der Waals surface area (Å²) in [7, 11) is 0. The predicted octanol–water partition coefficient (Wildman–Crippen LogP) is 3.90. The predicted molar refractivity (Wildman–Crippen MR) is 60.6 cm³/mol. The first-order valence-corrected chi connectivity index (χ1v) is 5.04. The van der Waals surface area contributed by atoms with E-state index in [0.717, 1.165) is 11.8 Å². The van der Waals surface area contributed by atoms with Gasteiger partial charge in [-0.3, -0.25) is 4.79 Å². The molecule has 0 saturated heterocycles. The molecule has 0 N–H and O–H groups in total. The lowest BCUT2D eigenvalue weighted by Gasteiger charge is -2.02. The van der Waals surface area contributed by atoms with E-state index in [2.05, 4.69) is 0 Å². The molecule has 1 aromatic carbocycles. The smallest absolute Gasteiger partial charge is 0.147 e. The fraction of sp³-hybridized carbons (Fsp3) is 0.182. The second kappa shape index (κ2) is 5.18. The van der Waals surface area contributed by atoms with Crippen molar-refractivity contribution in [2.45, 2.75) is 13.3 Å². The Bertz CT molecular complexity index is 352. The Labute approximate surface area is 93.3 Å². The quantitative estimate of drug-likeness (QED) is 0.567. The van der Waals surface area contributed by atoms with Gasteiger partial charge in [-0.15, -0.1) is 0 Å². The highest BCUT2D eigenvalue weighted by Crippen LogP contribution is 2.24. The average Bonchev–Trinajstić information content (AvgIpc) is 2.20. The normalized spacial score (nSPS) is 12.2. The summed E-state index contributed by atoms with van der Waals surface area (Å²) in [6, 6.07) is 7.09. The van der Waals surface area contributed by atoms with Crippen molar-refractivity contribution in [2.24, 2.45) is 0 Å². The Morgan fingerprint density at radius 3 is 2.36 bits per heavy atom. The highest BCUT2D eigenvalue weighted by Gasteiger charge is 2.04. The summed E-state index contributed by atoms with van der Waals surface area (Å²) in [5, 5.41) is 1.15. The van der Waals surface area contributed by atoms with Crippen LogP contribution in [0, 0.1) is 0 Å². The molecule has 0 spiro atoms. The second-order valence-corrected chi connectivity index (χ2v) is 3.63. The van der Waals surface area contributed by atoms with Crippen LogP contribution in [-0.4, -0.2) is 6.29 Å². The Morgan fingerprint density at radius 2 is 1.93 bits per heavy atom. The van der Waals surface area contributed by atoms with E-state index in [1.807, 2.05) is 6.92 Å². The maximum atomic E-state index is 10.6. The molecule has 0 aliphatic rings. The van der Waals surface area contributed by atoms with Gasteiger partial charge in [-0.2, -0.15) is 0 Å². The van der Waals surface area contributed by atoms with Crippen molar-refractivity contribution in [2.75, 3.05) is 0 Å². The maximum Gasteiger partial charge on any atom is 0.147 e. The van der Waals surface area contributed by atoms with Gasteiger partial charge >= 0.3 is 0 Å². The molecule has 0 aromatic heterocycles. The van der Waals surface area contributed by atoms with Crippen LogP contribution < -0.4 is 0 Å². The molecule has 1 nitrogen and oxygen atoms in total. The van der Waals surface area contributed by atoms with E-state index < -0.39 is 0 Å². The number of hydrogen-bond donors (Lipinski definition) is 0. The van der Waals surface area contributed by atoms with Crippen LogP contribution in [0.25, 0.3) is 5.03 Å². The molecule has 0 atom stereocenters. The van der Waals surface area contributed by atoms with Gasteiger partial charge in [0.2, 0.25) is 0 Å². The summed E-state index contributed by atoms with van der Waals surface area (Å²) in [5.74, 6) is 0. The zero-order valence-corrected chi connectivity index (χ0v) is 9.27. The minimum absolute atomic E-state index is 0.499. The van der Waals surface area contributed by atoms with E-state index >= 15 is 0 Å². The zero-order chi connectivity index (χ0) is 10.6. The van der Waals surface area contributed by atoms with E-state index in [0.29, 0.717) is 22.0 Å². The molecule has 0 aliphatic carbocycles. The topological polar surface area (TPSA) is 17.1 Å². The maximum absolute atomic E-state index is 10.6. The molecule has 1 aromatic rings. The van der Waals surface area contributed by atoms with Gasteiger partial charge in [0.25, 0.3) is 0 Å². The van der Waals surface area contributed by atoms with E-state index in [1.165, 1.54) is 0 Å². The number of benzene rings is 1. The first kappa shape index (κ1) is 11.3. The van der Waals surface area contributed by atoms with Crippen molar-refractivity contribution < 1.29 is 4.79 Å². The third-order valence-corrected chi connectivity index (χ3v) is 2.62. The Morgan fingerprint density at radius 1 is 1.36 bits per heavy atom. The molecule has 0 bridgehead atoms. The van der Waals surface area contributed by atoms with Crippen LogP contribution in [0.15, 0.2) is 29.8 Å². The van der Waals surface area contributed by atoms with Crippen LogP contribution in [0.2, 0.25) is 5.02 Å². The summed E-state index contributed by atoms with van der Waals surface area (Å²) < 4.78 is 0. The number of allylic oxidation sites excluding steroid dienone is 1. The highest BCUT2D eigenvalue weighted by atomic mass is 35.5. The first-order valence-electron chi connectivity index (χ1n) is 4.28. The van der Waals surface area contributed by atoms with Gasteiger partial charge in [-0.1, -0.05) is 42.3 Å². The molecule has 14 heavy (non-hydrogen) atoms. The monoisotopic (exact) mass is 228 g/mol. The van der Waals surface area contributed by atoms with Crippen molar-refractivity contribution in [1.82, 2.24) is 0 Å². The van der Waals surface area contributed by atoms with Gasteiger partial charge < -0.3 is 0 Å². The molecule has 0 radical (unpaired) electrons. The largest absolute Gasteiger partial charge is 0.298 e. The van der Waals surface area contributed by atoms with Crippen LogP contribution in [0.4, 0.5) is 0 Å². The van der Waals surface area contributed by atoms with Crippen LogP contribution in [0.5, 0.6) is 0 Å². The van der Waals surface area contributed by atoms with Gasteiger partial charge in [0, 0.05) is 10.6 Å². The van der Waals surface area contributed by atoms with Crippen molar-refractivity contribution >= 4 is 34.5 Å². The summed E-state index contributed by atoms with van der Waals surface area (Å²) >= 11 is 11.8. The molecule has 1 rings (SSSR count). The summed E-state index contributed by atoms with van der Waals surface area (Å²) in [5.41, 5.74) is 1.43. The first-order chi connectivity index (χ1) is 6.69. The molecule has 3 heteroatoms. The van der Waals surface area contributed by atoms with Gasteiger partial charge in [0.15, 0.2) is 0 Å². The van der Waals surface area contributed by atoms with Crippen molar-refractivity contribution in [3.8, 4) is 0 Å². The highest BCUT2D eigenvalue weighted by molar-refractivity contribution is 6.50. The van der Waals surface area contributed by atoms with Crippen molar-refractivity contribution in [3.05, 3.63) is 40.4 Å². The fourth-order valence-corrected chi connectivity index (χ4v) is 1.50. The van der Waals surface area contributed by atoms with Crippen molar-refractivity contribution in [1.29, 1.82) is 0 Å². The fourth-order valence-electron chi connectivity index (χ4n) is 1.07. The number of rotatable bonds is 3. The Kier molecular flexibility index (Phi) is 4.18. The van der Waals surface area contributed by atoms with Crippen molar-refractivity contribution in [3.63, 3.8) is 0 Å². The summed E-state index contributed by atoms with van der Waals surface area (Å²) in [4.78, 5) is 10.6. The SMILES string of the molecule is CC/C(C=O)=C(/Cl)c1ccc(Cl)cc1.